The van der Waals surface area contributed by atoms with Crippen molar-refractivity contribution in [3.63, 3.8) is 0 Å². The van der Waals surface area contributed by atoms with Crippen molar-refractivity contribution < 1.29 is 17.9 Å². The van der Waals surface area contributed by atoms with Crippen LogP contribution in [0.3, 0.4) is 0 Å². The molecule has 0 spiro atoms. The minimum atomic E-state index is -3.85. The molecular formula is C14H16N2O4S. The van der Waals surface area contributed by atoms with Gasteiger partial charge in [-0.1, -0.05) is 6.07 Å². The van der Waals surface area contributed by atoms with E-state index in [1.165, 1.54) is 20.1 Å². The molecule has 1 aromatic heterocycles. The fourth-order valence-corrected chi connectivity index (χ4v) is 3.43. The minimum absolute atomic E-state index is 0.0898. The third-order valence-electron chi connectivity index (χ3n) is 3.11. The van der Waals surface area contributed by atoms with E-state index in [1.807, 2.05) is 6.92 Å². The van der Waals surface area contributed by atoms with Crippen LogP contribution in [-0.4, -0.2) is 32.5 Å². The number of carbonyl (C=O) groups excluding carboxylic acids is 1. The number of aryl methyl sites for hydroxylation is 1. The molecule has 1 N–H and O–H groups in total. The van der Waals surface area contributed by atoms with Gasteiger partial charge in [0.1, 0.15) is 6.04 Å². The normalized spacial score (nSPS) is 13.1. The molecule has 7 heteroatoms. The number of nitrogens with zero attached hydrogens (tertiary/aromatic N) is 1. The summed E-state index contributed by atoms with van der Waals surface area (Å²) in [4.78, 5) is 15.7. The van der Waals surface area contributed by atoms with Crippen LogP contribution in [0.5, 0.6) is 0 Å². The van der Waals surface area contributed by atoms with Crippen LogP contribution in [0.1, 0.15) is 12.5 Å². The van der Waals surface area contributed by atoms with E-state index in [9.17, 15) is 13.2 Å². The van der Waals surface area contributed by atoms with E-state index in [0.29, 0.717) is 10.9 Å². The number of nitrogens with one attached hydrogen (secondary N) is 1. The van der Waals surface area contributed by atoms with E-state index in [-0.39, 0.29) is 4.90 Å². The molecule has 0 saturated carbocycles. The topological polar surface area (TPSA) is 85.4 Å². The summed E-state index contributed by atoms with van der Waals surface area (Å²) in [6.45, 7) is 3.29. The van der Waals surface area contributed by atoms with E-state index >= 15 is 0 Å². The summed E-state index contributed by atoms with van der Waals surface area (Å²) in [6.07, 6.45) is 1.61. The van der Waals surface area contributed by atoms with Crippen LogP contribution in [0.2, 0.25) is 0 Å². The molecule has 0 aliphatic carbocycles. The van der Waals surface area contributed by atoms with Crippen LogP contribution >= 0.6 is 0 Å². The number of ether oxygens (including phenoxy) is 1. The highest BCUT2D eigenvalue weighted by atomic mass is 32.2. The van der Waals surface area contributed by atoms with Crippen molar-refractivity contribution in [2.24, 2.45) is 0 Å². The fraction of sp³-hybridized carbons (Fsp3) is 0.286. The number of hydrogen-bond donors (Lipinski definition) is 1. The molecule has 0 fully saturated rings. The van der Waals surface area contributed by atoms with Gasteiger partial charge in [0.15, 0.2) is 0 Å². The van der Waals surface area contributed by atoms with Crippen LogP contribution in [0.4, 0.5) is 0 Å². The van der Waals surface area contributed by atoms with E-state index in [2.05, 4.69) is 14.4 Å². The van der Waals surface area contributed by atoms with Crippen LogP contribution in [0.25, 0.3) is 10.9 Å². The third-order valence-corrected chi connectivity index (χ3v) is 4.71. The van der Waals surface area contributed by atoms with Gasteiger partial charge in [-0.25, -0.2) is 8.42 Å². The number of benzene rings is 1. The van der Waals surface area contributed by atoms with Crippen molar-refractivity contribution in [1.82, 2.24) is 9.71 Å². The maximum atomic E-state index is 12.4. The molecule has 0 radical (unpaired) electrons. The second kappa shape index (κ2) is 5.79. The Morgan fingerprint density at radius 2 is 2.05 bits per heavy atom. The van der Waals surface area contributed by atoms with Crippen molar-refractivity contribution >= 4 is 26.9 Å². The van der Waals surface area contributed by atoms with Gasteiger partial charge in [-0.15, -0.1) is 0 Å². The quantitative estimate of drug-likeness (QED) is 0.863. The second-order valence-corrected chi connectivity index (χ2v) is 6.33. The number of hydrogen-bond acceptors (Lipinski definition) is 5. The monoisotopic (exact) mass is 308 g/mol. The number of pyridine rings is 1. The predicted octanol–water partition coefficient (Wildman–Crippen LogP) is 1.38. The first-order valence-corrected chi connectivity index (χ1v) is 7.79. The lowest BCUT2D eigenvalue weighted by molar-refractivity contribution is -0.142. The van der Waals surface area contributed by atoms with Crippen LogP contribution in [0, 0.1) is 6.92 Å². The maximum Gasteiger partial charge on any atom is 0.323 e. The molecule has 112 valence electrons. The van der Waals surface area contributed by atoms with Gasteiger partial charge in [0.2, 0.25) is 10.0 Å². The summed E-state index contributed by atoms with van der Waals surface area (Å²) in [5, 5.41) is 0.516. The summed E-state index contributed by atoms with van der Waals surface area (Å²) in [6, 6.07) is 5.59. The summed E-state index contributed by atoms with van der Waals surface area (Å²) < 4.78 is 31.7. The lowest BCUT2D eigenvalue weighted by Crippen LogP contribution is -2.39. The van der Waals surface area contributed by atoms with E-state index < -0.39 is 22.0 Å². The van der Waals surface area contributed by atoms with E-state index in [0.717, 1.165) is 5.56 Å². The largest absolute Gasteiger partial charge is 0.468 e. The number of methoxy groups -OCH3 is 1. The van der Waals surface area contributed by atoms with Crippen molar-refractivity contribution in [2.75, 3.05) is 7.11 Å². The first-order chi connectivity index (χ1) is 9.86. The zero-order valence-corrected chi connectivity index (χ0v) is 12.8. The van der Waals surface area contributed by atoms with Crippen molar-refractivity contribution in [1.29, 1.82) is 0 Å². The van der Waals surface area contributed by atoms with Gasteiger partial charge >= 0.3 is 5.97 Å². The molecule has 0 aliphatic heterocycles. The molecule has 2 aromatic rings. The summed E-state index contributed by atoms with van der Waals surface area (Å²) in [5.74, 6) is -0.645. The first-order valence-electron chi connectivity index (χ1n) is 6.31. The Morgan fingerprint density at radius 1 is 1.33 bits per heavy atom. The minimum Gasteiger partial charge on any atom is -0.468 e. The molecule has 6 nitrogen and oxygen atoms in total. The number of esters is 1. The average Bonchev–Trinajstić information content (AvgIpc) is 2.46. The van der Waals surface area contributed by atoms with Gasteiger partial charge in [-0.05, 0) is 37.6 Å². The number of sulfonamides is 1. The van der Waals surface area contributed by atoms with Crippen molar-refractivity contribution in [2.45, 2.75) is 24.8 Å². The molecule has 0 aliphatic rings. The average molecular weight is 308 g/mol. The summed E-state index contributed by atoms with van der Waals surface area (Å²) in [5.41, 5.74) is 1.50. The smallest absolute Gasteiger partial charge is 0.323 e. The van der Waals surface area contributed by atoms with Crippen molar-refractivity contribution in [3.8, 4) is 0 Å². The molecule has 2 rings (SSSR count). The third kappa shape index (κ3) is 3.03. The van der Waals surface area contributed by atoms with Gasteiger partial charge in [0, 0.05) is 11.6 Å². The molecule has 1 heterocycles. The van der Waals surface area contributed by atoms with E-state index in [1.54, 1.807) is 24.4 Å². The Bertz CT molecular complexity index is 787. The standard InChI is InChI=1S/C14H16N2O4S/c1-9-6-7-12(11-5-4-8-15-13(9)11)21(18,19)16-10(2)14(17)20-3/h4-8,10,16H,1-3H3. The zero-order chi connectivity index (χ0) is 15.6. The Hall–Kier alpha value is -1.99. The highest BCUT2D eigenvalue weighted by Gasteiger charge is 2.24. The Balaban J connectivity index is 2.51. The number of fused-ring (bicyclic) bond motifs is 1. The van der Waals surface area contributed by atoms with Crippen molar-refractivity contribution in [3.05, 3.63) is 36.0 Å². The second-order valence-electron chi connectivity index (χ2n) is 4.65. The van der Waals surface area contributed by atoms with Gasteiger partial charge in [-0.2, -0.15) is 4.72 Å². The molecule has 1 unspecified atom stereocenters. The SMILES string of the molecule is COC(=O)C(C)NS(=O)(=O)c1ccc(C)c2ncccc12. The molecule has 1 aromatic carbocycles. The molecule has 0 bridgehead atoms. The molecule has 0 amide bonds. The van der Waals surface area contributed by atoms with Crippen LogP contribution in [0.15, 0.2) is 35.4 Å². The van der Waals surface area contributed by atoms with Gasteiger partial charge < -0.3 is 4.74 Å². The predicted molar refractivity (Wildman–Crippen MR) is 78.3 cm³/mol. The van der Waals surface area contributed by atoms with Crippen LogP contribution in [-0.2, 0) is 19.6 Å². The van der Waals surface area contributed by atoms with Gasteiger partial charge in [0.25, 0.3) is 0 Å². The lowest BCUT2D eigenvalue weighted by Gasteiger charge is -2.14. The fourth-order valence-electron chi connectivity index (χ4n) is 2.04. The van der Waals surface area contributed by atoms with Gasteiger partial charge in [-0.3, -0.25) is 9.78 Å². The Labute approximate surface area is 123 Å². The Kier molecular flexibility index (Phi) is 4.24. The summed E-state index contributed by atoms with van der Waals surface area (Å²) >= 11 is 0. The maximum absolute atomic E-state index is 12.4. The molecule has 0 saturated heterocycles. The van der Waals surface area contributed by atoms with Crippen LogP contribution < -0.4 is 4.72 Å². The number of aromatic nitrogens is 1. The first kappa shape index (κ1) is 15.4. The lowest BCUT2D eigenvalue weighted by atomic mass is 10.1. The molecule has 21 heavy (non-hydrogen) atoms. The number of rotatable bonds is 4. The molecule has 1 atom stereocenters. The highest BCUT2D eigenvalue weighted by Crippen LogP contribution is 2.24. The van der Waals surface area contributed by atoms with Gasteiger partial charge in [0.05, 0.1) is 17.5 Å². The zero-order valence-electron chi connectivity index (χ0n) is 12.0. The Morgan fingerprint density at radius 3 is 2.71 bits per heavy atom. The highest BCUT2D eigenvalue weighted by molar-refractivity contribution is 7.89. The van der Waals surface area contributed by atoms with E-state index in [4.69, 9.17) is 0 Å². The summed E-state index contributed by atoms with van der Waals surface area (Å²) in [7, 11) is -2.64. The molecular weight excluding hydrogens is 292 g/mol. The number of carbonyl (C=O) groups is 1.